The van der Waals surface area contributed by atoms with Gasteiger partial charge in [-0.25, -0.2) is 0 Å². The molecule has 0 saturated carbocycles. The molecule has 0 heterocycles. The van der Waals surface area contributed by atoms with Crippen molar-refractivity contribution in [3.8, 4) is 0 Å². The highest BCUT2D eigenvalue weighted by Crippen LogP contribution is 1.88. The Labute approximate surface area is 57.4 Å². The van der Waals surface area contributed by atoms with E-state index in [0.717, 1.165) is 13.1 Å². The van der Waals surface area contributed by atoms with Crippen LogP contribution in [0.3, 0.4) is 0 Å². The zero-order valence-electron chi connectivity index (χ0n) is 6.52. The van der Waals surface area contributed by atoms with Gasteiger partial charge in [0.05, 0.1) is 6.34 Å². The fourth-order valence-corrected chi connectivity index (χ4v) is 0.419. The first-order valence-electron chi connectivity index (χ1n) is 3.49. The third-order valence-corrected chi connectivity index (χ3v) is 0.857. The predicted octanol–water partition coefficient (Wildman–Crippen LogP) is 1.28. The summed E-state index contributed by atoms with van der Waals surface area (Å²) in [6, 6.07) is 0. The Morgan fingerprint density at radius 3 is 2.67 bits per heavy atom. The molecule has 0 aromatic heterocycles. The molecule has 0 bridgehead atoms. The van der Waals surface area contributed by atoms with Crippen LogP contribution in [0, 0.1) is 5.92 Å². The molecule has 0 aliphatic rings. The molecule has 0 aromatic carbocycles. The van der Waals surface area contributed by atoms with Crippen LogP contribution in [0.4, 0.5) is 0 Å². The SMILES string of the molecule is CCNC=NCC(C)C. The highest BCUT2D eigenvalue weighted by molar-refractivity contribution is 5.53. The van der Waals surface area contributed by atoms with Crippen LogP contribution in [0.5, 0.6) is 0 Å². The van der Waals surface area contributed by atoms with Gasteiger partial charge in [0.25, 0.3) is 0 Å². The van der Waals surface area contributed by atoms with Crippen molar-refractivity contribution in [3.63, 3.8) is 0 Å². The molecule has 0 unspecified atom stereocenters. The highest BCUT2D eigenvalue weighted by Gasteiger charge is 1.85. The lowest BCUT2D eigenvalue weighted by Gasteiger charge is -1.96. The molecule has 2 heteroatoms. The molecule has 0 spiro atoms. The van der Waals surface area contributed by atoms with E-state index in [9.17, 15) is 0 Å². The summed E-state index contributed by atoms with van der Waals surface area (Å²) in [6.45, 7) is 8.25. The summed E-state index contributed by atoms with van der Waals surface area (Å²) >= 11 is 0. The van der Waals surface area contributed by atoms with Crippen molar-refractivity contribution < 1.29 is 0 Å². The Morgan fingerprint density at radius 1 is 1.56 bits per heavy atom. The van der Waals surface area contributed by atoms with E-state index in [2.05, 4.69) is 31.1 Å². The Balaban J connectivity index is 3.04. The molecule has 0 amide bonds. The van der Waals surface area contributed by atoms with Gasteiger partial charge in [0, 0.05) is 13.1 Å². The Kier molecular flexibility index (Phi) is 5.27. The molecule has 0 aliphatic heterocycles. The minimum Gasteiger partial charge on any atom is -0.377 e. The lowest BCUT2D eigenvalue weighted by Crippen LogP contribution is -2.09. The van der Waals surface area contributed by atoms with Gasteiger partial charge in [-0.1, -0.05) is 13.8 Å². The predicted molar refractivity (Wildman–Crippen MR) is 41.9 cm³/mol. The second-order valence-electron chi connectivity index (χ2n) is 2.45. The van der Waals surface area contributed by atoms with Crippen LogP contribution in [0.2, 0.25) is 0 Å². The second kappa shape index (κ2) is 5.60. The summed E-state index contributed by atoms with van der Waals surface area (Å²) in [5, 5.41) is 3.01. The maximum absolute atomic E-state index is 4.12. The molecule has 0 aliphatic carbocycles. The quantitative estimate of drug-likeness (QED) is 0.447. The Bertz CT molecular complexity index is 77.0. The number of hydrogen-bond donors (Lipinski definition) is 1. The zero-order valence-corrected chi connectivity index (χ0v) is 6.52. The number of aliphatic imine (C=N–C) groups is 1. The standard InChI is InChI=1S/C7H16N2/c1-4-8-6-9-5-7(2)3/h6-7H,4-5H2,1-3H3,(H,8,9). The van der Waals surface area contributed by atoms with Crippen LogP contribution in [0.25, 0.3) is 0 Å². The summed E-state index contributed by atoms with van der Waals surface area (Å²) in [5.41, 5.74) is 0. The molecule has 0 aromatic rings. The molecular weight excluding hydrogens is 112 g/mol. The average molecular weight is 128 g/mol. The van der Waals surface area contributed by atoms with E-state index in [0.29, 0.717) is 5.92 Å². The van der Waals surface area contributed by atoms with Crippen molar-refractivity contribution in [2.24, 2.45) is 10.9 Å². The third kappa shape index (κ3) is 7.47. The number of nitrogens with one attached hydrogen (secondary N) is 1. The largest absolute Gasteiger partial charge is 0.377 e. The van der Waals surface area contributed by atoms with E-state index < -0.39 is 0 Å². The summed E-state index contributed by atoms with van der Waals surface area (Å²) in [4.78, 5) is 4.12. The van der Waals surface area contributed by atoms with Crippen LogP contribution in [0.1, 0.15) is 20.8 Å². The lowest BCUT2D eigenvalue weighted by molar-refractivity contribution is 0.665. The summed E-state index contributed by atoms with van der Waals surface area (Å²) < 4.78 is 0. The van der Waals surface area contributed by atoms with Crippen molar-refractivity contribution >= 4 is 6.34 Å². The van der Waals surface area contributed by atoms with Crippen molar-refractivity contribution in [2.75, 3.05) is 13.1 Å². The minimum atomic E-state index is 0.667. The van der Waals surface area contributed by atoms with E-state index >= 15 is 0 Å². The van der Waals surface area contributed by atoms with Crippen LogP contribution < -0.4 is 5.32 Å². The monoisotopic (exact) mass is 128 g/mol. The third-order valence-electron chi connectivity index (χ3n) is 0.857. The summed E-state index contributed by atoms with van der Waals surface area (Å²) in [7, 11) is 0. The van der Waals surface area contributed by atoms with Crippen LogP contribution in [-0.2, 0) is 0 Å². The Morgan fingerprint density at radius 2 is 2.22 bits per heavy atom. The normalized spacial score (nSPS) is 11.1. The molecule has 0 radical (unpaired) electrons. The zero-order chi connectivity index (χ0) is 7.11. The Hall–Kier alpha value is -0.530. The molecule has 0 saturated heterocycles. The smallest absolute Gasteiger partial charge is 0.0823 e. The van der Waals surface area contributed by atoms with Crippen molar-refractivity contribution in [3.05, 3.63) is 0 Å². The van der Waals surface area contributed by atoms with Crippen molar-refractivity contribution in [1.29, 1.82) is 0 Å². The highest BCUT2D eigenvalue weighted by atomic mass is 14.9. The lowest BCUT2D eigenvalue weighted by atomic mass is 10.2. The van der Waals surface area contributed by atoms with E-state index in [1.54, 1.807) is 6.34 Å². The average Bonchev–Trinajstić information content (AvgIpc) is 1.80. The van der Waals surface area contributed by atoms with Gasteiger partial charge in [0.1, 0.15) is 0 Å². The molecule has 0 rings (SSSR count). The van der Waals surface area contributed by atoms with Gasteiger partial charge in [-0.2, -0.15) is 0 Å². The van der Waals surface area contributed by atoms with Gasteiger partial charge < -0.3 is 5.32 Å². The van der Waals surface area contributed by atoms with Gasteiger partial charge in [0.2, 0.25) is 0 Å². The fraction of sp³-hybridized carbons (Fsp3) is 0.857. The molecule has 0 fully saturated rings. The molecule has 0 atom stereocenters. The first-order valence-corrected chi connectivity index (χ1v) is 3.49. The van der Waals surface area contributed by atoms with Crippen LogP contribution >= 0.6 is 0 Å². The molecule has 9 heavy (non-hydrogen) atoms. The maximum atomic E-state index is 4.12. The minimum absolute atomic E-state index is 0.667. The van der Waals surface area contributed by atoms with Gasteiger partial charge >= 0.3 is 0 Å². The molecule has 54 valence electrons. The first kappa shape index (κ1) is 8.47. The summed E-state index contributed by atoms with van der Waals surface area (Å²) in [5.74, 6) is 0.667. The van der Waals surface area contributed by atoms with Crippen molar-refractivity contribution in [2.45, 2.75) is 20.8 Å². The molecule has 1 N–H and O–H groups in total. The van der Waals surface area contributed by atoms with E-state index in [1.807, 2.05) is 0 Å². The van der Waals surface area contributed by atoms with Gasteiger partial charge in [-0.15, -0.1) is 0 Å². The fourth-order valence-electron chi connectivity index (χ4n) is 0.419. The number of nitrogens with zero attached hydrogens (tertiary/aromatic N) is 1. The topological polar surface area (TPSA) is 24.4 Å². The van der Waals surface area contributed by atoms with E-state index in [-0.39, 0.29) is 0 Å². The van der Waals surface area contributed by atoms with Gasteiger partial charge in [-0.3, -0.25) is 4.99 Å². The van der Waals surface area contributed by atoms with Crippen LogP contribution in [0.15, 0.2) is 4.99 Å². The van der Waals surface area contributed by atoms with Crippen LogP contribution in [-0.4, -0.2) is 19.4 Å². The molecule has 2 nitrogen and oxygen atoms in total. The van der Waals surface area contributed by atoms with Crippen molar-refractivity contribution in [1.82, 2.24) is 5.32 Å². The van der Waals surface area contributed by atoms with Gasteiger partial charge in [-0.05, 0) is 12.8 Å². The number of hydrogen-bond acceptors (Lipinski definition) is 1. The van der Waals surface area contributed by atoms with E-state index in [1.165, 1.54) is 0 Å². The first-order chi connectivity index (χ1) is 4.27. The molecular formula is C7H16N2. The summed E-state index contributed by atoms with van der Waals surface area (Å²) in [6.07, 6.45) is 1.78. The number of rotatable bonds is 4. The van der Waals surface area contributed by atoms with E-state index in [4.69, 9.17) is 0 Å². The van der Waals surface area contributed by atoms with Gasteiger partial charge in [0.15, 0.2) is 0 Å². The second-order valence-corrected chi connectivity index (χ2v) is 2.45. The maximum Gasteiger partial charge on any atom is 0.0823 e.